The highest BCUT2D eigenvalue weighted by Crippen LogP contribution is 2.16. The van der Waals surface area contributed by atoms with Gasteiger partial charge in [-0.05, 0) is 24.9 Å². The van der Waals surface area contributed by atoms with Crippen molar-refractivity contribution in [2.45, 2.75) is 43.8 Å². The standard InChI is InChI=1S/C17H24N4O2S/c1-2-16-18-11-17(19-16)24(22,23)20-15-9-6-10-21(13-15)12-14-7-4-3-5-8-14/h3-5,7-8,11,15,20H,2,6,9-10,12-13H2,1H3,(H,18,19). The van der Waals surface area contributed by atoms with Crippen molar-refractivity contribution in [3.8, 4) is 0 Å². The highest BCUT2D eigenvalue weighted by atomic mass is 32.2. The Hall–Kier alpha value is -1.70. The molecular weight excluding hydrogens is 324 g/mol. The molecule has 3 rings (SSSR count). The van der Waals surface area contributed by atoms with E-state index in [2.05, 4.69) is 31.7 Å². The molecule has 1 aromatic carbocycles. The second kappa shape index (κ2) is 7.46. The average molecular weight is 348 g/mol. The molecule has 2 heterocycles. The summed E-state index contributed by atoms with van der Waals surface area (Å²) in [5.74, 6) is 0.685. The second-order valence-electron chi connectivity index (χ2n) is 6.23. The number of benzene rings is 1. The van der Waals surface area contributed by atoms with Crippen molar-refractivity contribution in [1.29, 1.82) is 0 Å². The third-order valence-corrected chi connectivity index (χ3v) is 5.74. The lowest BCUT2D eigenvalue weighted by atomic mass is 10.1. The number of likely N-dealkylation sites (tertiary alicyclic amines) is 1. The van der Waals surface area contributed by atoms with Crippen molar-refractivity contribution in [3.63, 3.8) is 0 Å². The maximum absolute atomic E-state index is 12.5. The Morgan fingerprint density at radius 1 is 1.33 bits per heavy atom. The van der Waals surface area contributed by atoms with Gasteiger partial charge in [-0.3, -0.25) is 4.90 Å². The van der Waals surface area contributed by atoms with E-state index in [9.17, 15) is 8.42 Å². The smallest absolute Gasteiger partial charge is 0.257 e. The fraction of sp³-hybridized carbons (Fsp3) is 0.471. The predicted molar refractivity (Wildman–Crippen MR) is 93.0 cm³/mol. The fourth-order valence-electron chi connectivity index (χ4n) is 3.08. The van der Waals surface area contributed by atoms with Gasteiger partial charge < -0.3 is 4.98 Å². The molecule has 2 aromatic rings. The Morgan fingerprint density at radius 3 is 2.83 bits per heavy atom. The molecule has 1 aliphatic heterocycles. The van der Waals surface area contributed by atoms with Gasteiger partial charge in [-0.1, -0.05) is 37.3 Å². The van der Waals surface area contributed by atoms with E-state index in [1.165, 1.54) is 11.8 Å². The number of rotatable bonds is 6. The quantitative estimate of drug-likeness (QED) is 0.836. The van der Waals surface area contributed by atoms with Gasteiger partial charge in [0.25, 0.3) is 10.0 Å². The average Bonchev–Trinajstić information content (AvgIpc) is 3.06. The Balaban J connectivity index is 1.62. The number of hydrogen-bond donors (Lipinski definition) is 2. The Morgan fingerprint density at radius 2 is 2.12 bits per heavy atom. The number of imidazole rings is 1. The minimum Gasteiger partial charge on any atom is -0.332 e. The zero-order valence-electron chi connectivity index (χ0n) is 13.9. The van der Waals surface area contributed by atoms with Crippen molar-refractivity contribution < 1.29 is 8.42 Å². The summed E-state index contributed by atoms with van der Waals surface area (Å²) in [7, 11) is -3.54. The third kappa shape index (κ3) is 4.23. The molecule has 6 nitrogen and oxygen atoms in total. The topological polar surface area (TPSA) is 78.1 Å². The van der Waals surface area contributed by atoms with Gasteiger partial charge in [0.2, 0.25) is 0 Å². The molecule has 130 valence electrons. The molecule has 1 aliphatic rings. The molecule has 1 unspecified atom stereocenters. The first-order valence-corrected chi connectivity index (χ1v) is 9.87. The molecule has 0 saturated carbocycles. The van der Waals surface area contributed by atoms with Crippen LogP contribution < -0.4 is 4.72 Å². The van der Waals surface area contributed by atoms with E-state index in [-0.39, 0.29) is 11.1 Å². The number of sulfonamides is 1. The van der Waals surface area contributed by atoms with Crippen LogP contribution >= 0.6 is 0 Å². The minimum atomic E-state index is -3.54. The number of aromatic nitrogens is 2. The van der Waals surface area contributed by atoms with Crippen LogP contribution in [0.1, 0.15) is 31.2 Å². The summed E-state index contributed by atoms with van der Waals surface area (Å²) >= 11 is 0. The summed E-state index contributed by atoms with van der Waals surface area (Å²) in [6.45, 7) is 4.51. The van der Waals surface area contributed by atoms with Gasteiger partial charge in [-0.15, -0.1) is 0 Å². The van der Waals surface area contributed by atoms with E-state index in [1.807, 2.05) is 25.1 Å². The normalized spacial score (nSPS) is 19.5. The van der Waals surface area contributed by atoms with Gasteiger partial charge in [-0.25, -0.2) is 18.1 Å². The molecule has 1 atom stereocenters. The lowest BCUT2D eigenvalue weighted by Crippen LogP contribution is -2.47. The molecule has 2 N–H and O–H groups in total. The fourth-order valence-corrected chi connectivity index (χ4v) is 4.28. The number of piperidine rings is 1. The number of nitrogens with zero attached hydrogens (tertiary/aromatic N) is 2. The maximum Gasteiger partial charge on any atom is 0.257 e. The largest absolute Gasteiger partial charge is 0.332 e. The van der Waals surface area contributed by atoms with Crippen LogP contribution in [0.2, 0.25) is 0 Å². The van der Waals surface area contributed by atoms with Crippen LogP contribution in [-0.2, 0) is 23.0 Å². The number of H-pyrrole nitrogens is 1. The molecule has 0 bridgehead atoms. The first kappa shape index (κ1) is 17.1. The summed E-state index contributed by atoms with van der Waals surface area (Å²) in [5, 5.41) is 0.152. The SMILES string of the molecule is CCc1ncc(S(=O)(=O)NC2CCCN(Cc3ccccc3)C2)[nH]1. The number of aryl methyl sites for hydroxylation is 1. The Kier molecular flexibility index (Phi) is 5.33. The molecule has 1 saturated heterocycles. The zero-order valence-corrected chi connectivity index (χ0v) is 14.7. The molecule has 0 amide bonds. The summed E-state index contributed by atoms with van der Waals surface area (Å²) in [6, 6.07) is 10.2. The first-order valence-electron chi connectivity index (χ1n) is 8.39. The van der Waals surface area contributed by atoms with Crippen LogP contribution in [-0.4, -0.2) is 42.4 Å². The van der Waals surface area contributed by atoms with Gasteiger partial charge in [-0.2, -0.15) is 0 Å². The monoisotopic (exact) mass is 348 g/mol. The van der Waals surface area contributed by atoms with Crippen molar-refractivity contribution >= 4 is 10.0 Å². The van der Waals surface area contributed by atoms with E-state index < -0.39 is 10.0 Å². The molecule has 0 aliphatic carbocycles. The van der Waals surface area contributed by atoms with Crippen molar-refractivity contribution in [2.75, 3.05) is 13.1 Å². The maximum atomic E-state index is 12.5. The van der Waals surface area contributed by atoms with Gasteiger partial charge in [0.1, 0.15) is 5.82 Å². The van der Waals surface area contributed by atoms with Gasteiger partial charge in [0.15, 0.2) is 5.03 Å². The van der Waals surface area contributed by atoms with Crippen LogP contribution in [0.3, 0.4) is 0 Å². The summed E-state index contributed by atoms with van der Waals surface area (Å²) < 4.78 is 27.8. The van der Waals surface area contributed by atoms with Gasteiger partial charge in [0.05, 0.1) is 6.20 Å². The lowest BCUT2D eigenvalue weighted by Gasteiger charge is -2.32. The van der Waals surface area contributed by atoms with E-state index in [0.717, 1.165) is 32.5 Å². The van der Waals surface area contributed by atoms with E-state index in [1.54, 1.807) is 0 Å². The Labute approximate surface area is 143 Å². The van der Waals surface area contributed by atoms with Crippen molar-refractivity contribution in [2.24, 2.45) is 0 Å². The molecule has 0 radical (unpaired) electrons. The zero-order chi connectivity index (χ0) is 17.0. The molecule has 1 fully saturated rings. The minimum absolute atomic E-state index is 0.0687. The molecular formula is C17H24N4O2S. The van der Waals surface area contributed by atoms with E-state index in [4.69, 9.17) is 0 Å². The predicted octanol–water partition coefficient (Wildman–Crippen LogP) is 1.91. The van der Waals surface area contributed by atoms with Crippen LogP contribution in [0.5, 0.6) is 0 Å². The highest BCUT2D eigenvalue weighted by Gasteiger charge is 2.26. The van der Waals surface area contributed by atoms with E-state index in [0.29, 0.717) is 12.2 Å². The number of hydrogen-bond acceptors (Lipinski definition) is 4. The van der Waals surface area contributed by atoms with Crippen LogP contribution in [0.25, 0.3) is 0 Å². The van der Waals surface area contributed by atoms with Crippen molar-refractivity contribution in [3.05, 3.63) is 47.9 Å². The first-order chi connectivity index (χ1) is 11.6. The summed E-state index contributed by atoms with van der Waals surface area (Å²) in [5.41, 5.74) is 1.25. The number of nitrogens with one attached hydrogen (secondary N) is 2. The Bertz CT molecular complexity index is 758. The third-order valence-electron chi connectivity index (χ3n) is 4.31. The highest BCUT2D eigenvalue weighted by molar-refractivity contribution is 7.89. The second-order valence-corrected chi connectivity index (χ2v) is 7.91. The summed E-state index contributed by atoms with van der Waals surface area (Å²) in [6.07, 6.45) is 3.93. The molecule has 7 heteroatoms. The van der Waals surface area contributed by atoms with Gasteiger partial charge in [0, 0.05) is 25.6 Å². The molecule has 24 heavy (non-hydrogen) atoms. The van der Waals surface area contributed by atoms with Gasteiger partial charge >= 0.3 is 0 Å². The van der Waals surface area contributed by atoms with Crippen LogP contribution in [0, 0.1) is 0 Å². The molecule has 1 aromatic heterocycles. The number of aromatic amines is 1. The van der Waals surface area contributed by atoms with Crippen molar-refractivity contribution in [1.82, 2.24) is 19.6 Å². The summed E-state index contributed by atoms with van der Waals surface area (Å²) in [4.78, 5) is 9.25. The molecule has 0 spiro atoms. The van der Waals surface area contributed by atoms with E-state index >= 15 is 0 Å². The lowest BCUT2D eigenvalue weighted by molar-refractivity contribution is 0.194. The van der Waals surface area contributed by atoms with Crippen LogP contribution in [0.4, 0.5) is 0 Å². The van der Waals surface area contributed by atoms with Crippen LogP contribution in [0.15, 0.2) is 41.6 Å².